The van der Waals surface area contributed by atoms with Gasteiger partial charge in [-0.05, 0) is 45.0 Å². The minimum absolute atomic E-state index is 0.172. The van der Waals surface area contributed by atoms with Gasteiger partial charge in [-0.15, -0.1) is 11.3 Å². The predicted octanol–water partition coefficient (Wildman–Crippen LogP) is 11.2. The van der Waals surface area contributed by atoms with E-state index in [4.69, 9.17) is 16.6 Å². The van der Waals surface area contributed by atoms with E-state index in [9.17, 15) is 0 Å². The molecule has 2 heterocycles. The molecule has 0 saturated heterocycles. The largest absolute Gasteiger partial charge is 0.226 e. The minimum atomic E-state index is 0.172. The lowest BCUT2D eigenvalue weighted by atomic mass is 9.99. The van der Waals surface area contributed by atoms with Gasteiger partial charge in [0.1, 0.15) is 0 Å². The first-order chi connectivity index (χ1) is 21.7. The summed E-state index contributed by atoms with van der Waals surface area (Å²) in [6.45, 7) is 0. The SMILES string of the molecule is Clc1nc(-c2ccc(-c3ccccc3)cc2)nc(-c2ccc(-c3cccc4c3sc3c(-c5ccccc5)cccc34)cc2)n1. The van der Waals surface area contributed by atoms with Gasteiger partial charge in [0.05, 0.1) is 0 Å². The molecular weight excluding hydrogens is 578 g/mol. The molecule has 3 nitrogen and oxygen atoms in total. The molecule has 0 bridgehead atoms. The molecule has 0 aliphatic heterocycles. The fourth-order valence-corrected chi connectivity index (χ4v) is 7.27. The molecule has 0 amide bonds. The Hall–Kier alpha value is -5.16. The van der Waals surface area contributed by atoms with Crippen LogP contribution in [0, 0.1) is 0 Å². The number of aromatic nitrogens is 3. The summed E-state index contributed by atoms with van der Waals surface area (Å²) in [5.41, 5.74) is 8.92. The van der Waals surface area contributed by atoms with Crippen LogP contribution in [0.5, 0.6) is 0 Å². The zero-order valence-corrected chi connectivity index (χ0v) is 25.1. The van der Waals surface area contributed by atoms with Gasteiger partial charge in [0, 0.05) is 31.3 Å². The molecule has 0 aliphatic carbocycles. The number of hydrogen-bond donors (Lipinski definition) is 0. The van der Waals surface area contributed by atoms with Crippen molar-refractivity contribution >= 4 is 43.1 Å². The van der Waals surface area contributed by atoms with E-state index in [0.29, 0.717) is 11.6 Å². The number of hydrogen-bond acceptors (Lipinski definition) is 4. The average molecular weight is 602 g/mol. The topological polar surface area (TPSA) is 38.7 Å². The monoisotopic (exact) mass is 601 g/mol. The molecule has 0 radical (unpaired) electrons. The number of benzene rings is 6. The number of rotatable bonds is 5. The van der Waals surface area contributed by atoms with Gasteiger partial charge in [-0.3, -0.25) is 0 Å². The van der Waals surface area contributed by atoms with Crippen LogP contribution in [0.2, 0.25) is 5.28 Å². The summed E-state index contributed by atoms with van der Waals surface area (Å²) >= 11 is 8.26. The Morgan fingerprint density at radius 2 is 0.773 bits per heavy atom. The van der Waals surface area contributed by atoms with Gasteiger partial charge < -0.3 is 0 Å². The van der Waals surface area contributed by atoms with E-state index in [1.54, 1.807) is 0 Å². The van der Waals surface area contributed by atoms with Crippen LogP contribution in [0.25, 0.3) is 76.3 Å². The van der Waals surface area contributed by atoms with Gasteiger partial charge in [0.2, 0.25) is 5.28 Å². The fraction of sp³-hybridized carbons (Fsp3) is 0. The maximum absolute atomic E-state index is 6.40. The van der Waals surface area contributed by atoms with Crippen LogP contribution in [0.4, 0.5) is 0 Å². The van der Waals surface area contributed by atoms with Gasteiger partial charge in [-0.1, -0.05) is 146 Å². The molecule has 0 aliphatic rings. The third kappa shape index (κ3) is 4.84. The molecule has 0 fully saturated rings. The summed E-state index contributed by atoms with van der Waals surface area (Å²) in [7, 11) is 0. The summed E-state index contributed by atoms with van der Waals surface area (Å²) in [5.74, 6) is 1.10. The van der Waals surface area contributed by atoms with E-state index in [0.717, 1.165) is 27.8 Å². The Kier molecular flexibility index (Phi) is 6.71. The van der Waals surface area contributed by atoms with Gasteiger partial charge in [-0.2, -0.15) is 9.97 Å². The van der Waals surface area contributed by atoms with Crippen LogP contribution in [0.15, 0.2) is 146 Å². The zero-order valence-electron chi connectivity index (χ0n) is 23.5. The molecule has 6 aromatic carbocycles. The molecule has 0 N–H and O–H groups in total. The average Bonchev–Trinajstić information content (AvgIpc) is 3.48. The second-order valence-electron chi connectivity index (χ2n) is 10.6. The first kappa shape index (κ1) is 26.5. The summed E-state index contributed by atoms with van der Waals surface area (Å²) in [5, 5.41) is 2.73. The molecule has 0 unspecified atom stereocenters. The van der Waals surface area contributed by atoms with Crippen molar-refractivity contribution in [3.8, 4) is 56.2 Å². The van der Waals surface area contributed by atoms with Crippen LogP contribution >= 0.6 is 22.9 Å². The quantitative estimate of drug-likeness (QED) is 0.197. The Morgan fingerprint density at radius 3 is 1.30 bits per heavy atom. The lowest BCUT2D eigenvalue weighted by Crippen LogP contribution is -1.97. The first-order valence-corrected chi connectivity index (χ1v) is 15.6. The lowest BCUT2D eigenvalue weighted by Gasteiger charge is -2.08. The minimum Gasteiger partial charge on any atom is -0.208 e. The van der Waals surface area contributed by atoms with Crippen molar-refractivity contribution in [1.82, 2.24) is 15.0 Å². The van der Waals surface area contributed by atoms with Gasteiger partial charge in [-0.25, -0.2) is 4.98 Å². The maximum atomic E-state index is 6.40. The second-order valence-corrected chi connectivity index (χ2v) is 12.0. The fourth-order valence-electron chi connectivity index (χ4n) is 5.74. The molecule has 44 heavy (non-hydrogen) atoms. The highest BCUT2D eigenvalue weighted by molar-refractivity contribution is 7.26. The number of nitrogens with zero attached hydrogens (tertiary/aromatic N) is 3. The Morgan fingerprint density at radius 1 is 0.364 bits per heavy atom. The molecule has 0 saturated carbocycles. The van der Waals surface area contributed by atoms with Crippen molar-refractivity contribution in [3.05, 3.63) is 151 Å². The molecule has 0 spiro atoms. The predicted molar refractivity (Wildman–Crippen MR) is 185 cm³/mol. The van der Waals surface area contributed by atoms with Crippen LogP contribution in [-0.2, 0) is 0 Å². The van der Waals surface area contributed by atoms with Crippen molar-refractivity contribution in [1.29, 1.82) is 0 Å². The molecule has 0 atom stereocenters. The molecule has 8 rings (SSSR count). The highest BCUT2D eigenvalue weighted by Crippen LogP contribution is 2.43. The molecule has 8 aromatic rings. The smallest absolute Gasteiger partial charge is 0.208 e. The van der Waals surface area contributed by atoms with E-state index in [1.807, 2.05) is 41.7 Å². The van der Waals surface area contributed by atoms with E-state index in [1.165, 1.54) is 36.9 Å². The van der Waals surface area contributed by atoms with Crippen molar-refractivity contribution in [2.75, 3.05) is 0 Å². The van der Waals surface area contributed by atoms with E-state index in [2.05, 4.69) is 125 Å². The Balaban J connectivity index is 1.14. The van der Waals surface area contributed by atoms with Crippen LogP contribution < -0.4 is 0 Å². The molecular formula is C39H24ClN3S. The Bertz CT molecular complexity index is 2260. The van der Waals surface area contributed by atoms with Crippen molar-refractivity contribution in [2.24, 2.45) is 0 Å². The van der Waals surface area contributed by atoms with E-state index in [-0.39, 0.29) is 5.28 Å². The van der Waals surface area contributed by atoms with E-state index >= 15 is 0 Å². The van der Waals surface area contributed by atoms with Gasteiger partial charge in [0.25, 0.3) is 0 Å². The summed E-state index contributed by atoms with van der Waals surface area (Å²) in [4.78, 5) is 13.7. The van der Waals surface area contributed by atoms with Crippen LogP contribution in [-0.4, -0.2) is 15.0 Å². The summed E-state index contributed by atoms with van der Waals surface area (Å²) in [6, 6.07) is 50.7. The number of thiophene rings is 1. The highest BCUT2D eigenvalue weighted by Gasteiger charge is 2.15. The van der Waals surface area contributed by atoms with Crippen LogP contribution in [0.1, 0.15) is 0 Å². The Labute approximate surface area is 264 Å². The van der Waals surface area contributed by atoms with Crippen LogP contribution in [0.3, 0.4) is 0 Å². The summed E-state index contributed by atoms with van der Waals surface area (Å²) < 4.78 is 2.59. The van der Waals surface area contributed by atoms with E-state index < -0.39 is 0 Å². The van der Waals surface area contributed by atoms with Crippen molar-refractivity contribution < 1.29 is 0 Å². The third-order valence-corrected chi connectivity index (χ3v) is 9.38. The van der Waals surface area contributed by atoms with Crippen molar-refractivity contribution in [3.63, 3.8) is 0 Å². The first-order valence-electron chi connectivity index (χ1n) is 14.4. The van der Waals surface area contributed by atoms with Crippen molar-refractivity contribution in [2.45, 2.75) is 0 Å². The molecule has 2 aromatic heterocycles. The number of halogens is 1. The second kappa shape index (κ2) is 11.2. The van der Waals surface area contributed by atoms with Gasteiger partial charge in [0.15, 0.2) is 11.6 Å². The lowest BCUT2D eigenvalue weighted by molar-refractivity contribution is 1.07. The van der Waals surface area contributed by atoms with Gasteiger partial charge >= 0.3 is 0 Å². The molecule has 208 valence electrons. The third-order valence-electron chi connectivity index (χ3n) is 7.92. The summed E-state index contributed by atoms with van der Waals surface area (Å²) in [6.07, 6.45) is 0. The standard InChI is InChI=1S/C39H24ClN3S/c40-39-42-37(29-21-17-26(18-22-29)25-9-3-1-4-10-25)41-38(43-39)30-23-19-28(20-24-30)32-14-8-16-34-33-15-7-13-31(35(33)44-36(32)34)27-11-5-2-6-12-27/h1-24H. The normalized spacial score (nSPS) is 11.3. The highest BCUT2D eigenvalue weighted by atomic mass is 35.5. The zero-order chi connectivity index (χ0) is 29.5. The molecule has 5 heteroatoms. The number of fused-ring (bicyclic) bond motifs is 3. The maximum Gasteiger partial charge on any atom is 0.226 e.